The number of hydrogen-bond acceptors (Lipinski definition) is 4. The first-order valence-corrected chi connectivity index (χ1v) is 11.7. The van der Waals surface area contributed by atoms with E-state index in [-0.39, 0.29) is 16.5 Å². The van der Waals surface area contributed by atoms with Crippen LogP contribution in [0.4, 0.5) is 0 Å². The molecule has 31 heavy (non-hydrogen) atoms. The molecule has 8 heteroatoms. The zero-order valence-electron chi connectivity index (χ0n) is 17.2. The molecule has 0 amide bonds. The summed E-state index contributed by atoms with van der Waals surface area (Å²) in [6, 6.07) is 13.2. The van der Waals surface area contributed by atoms with Gasteiger partial charge < -0.3 is 10.1 Å². The topological polar surface area (TPSA) is 108 Å². The quantitative estimate of drug-likeness (QED) is 0.444. The number of nitrogens with zero attached hydrogens (tertiary/aromatic N) is 1. The first-order valence-electron chi connectivity index (χ1n) is 10.3. The number of para-hydroxylation sites is 1. The second-order valence-electron chi connectivity index (χ2n) is 7.90. The van der Waals surface area contributed by atoms with Crippen molar-refractivity contribution in [3.63, 3.8) is 0 Å². The molecule has 2 N–H and O–H groups in total. The van der Waals surface area contributed by atoms with Gasteiger partial charge in [-0.25, -0.2) is 13.2 Å². The number of Topliss-reactive ketones (excluding diaryl/α,β-unsaturated/α-hetero) is 1. The first kappa shape index (κ1) is 21.3. The fraction of sp³-hybridized carbons (Fsp3) is 0.304. The molecule has 0 bridgehead atoms. The van der Waals surface area contributed by atoms with Crippen LogP contribution in [-0.4, -0.2) is 47.7 Å². The van der Waals surface area contributed by atoms with Crippen molar-refractivity contribution in [1.29, 1.82) is 0 Å². The molecule has 0 radical (unpaired) electrons. The van der Waals surface area contributed by atoms with Gasteiger partial charge in [-0.05, 0) is 31.0 Å². The Bertz CT molecular complexity index is 1260. The Morgan fingerprint density at radius 1 is 1.03 bits per heavy atom. The lowest BCUT2D eigenvalue weighted by Gasteiger charge is -2.30. The average Bonchev–Trinajstić information content (AvgIpc) is 3.18. The number of carbonyl (C=O) groups excluding carboxylic acids is 1. The molecule has 0 unspecified atom stereocenters. The van der Waals surface area contributed by atoms with Gasteiger partial charge >= 0.3 is 5.97 Å². The van der Waals surface area contributed by atoms with Crippen LogP contribution < -0.4 is 0 Å². The predicted molar refractivity (Wildman–Crippen MR) is 118 cm³/mol. The van der Waals surface area contributed by atoms with E-state index in [2.05, 4.69) is 4.98 Å². The summed E-state index contributed by atoms with van der Waals surface area (Å²) in [6.45, 7) is 0. The van der Waals surface area contributed by atoms with Gasteiger partial charge in [0, 0.05) is 29.6 Å². The number of H-pyrrole nitrogens is 1. The van der Waals surface area contributed by atoms with E-state index in [0.717, 1.165) is 32.1 Å². The summed E-state index contributed by atoms with van der Waals surface area (Å²) >= 11 is 0. The van der Waals surface area contributed by atoms with Crippen LogP contribution in [-0.2, 0) is 14.8 Å². The van der Waals surface area contributed by atoms with Crippen molar-refractivity contribution in [1.82, 2.24) is 9.29 Å². The van der Waals surface area contributed by atoms with Crippen LogP contribution >= 0.6 is 0 Å². The summed E-state index contributed by atoms with van der Waals surface area (Å²) in [5.41, 5.74) is 1.37. The van der Waals surface area contributed by atoms with E-state index >= 15 is 0 Å². The van der Waals surface area contributed by atoms with Gasteiger partial charge in [-0.3, -0.25) is 4.79 Å². The highest BCUT2D eigenvalue weighted by atomic mass is 32.2. The number of ketones is 1. The lowest BCUT2D eigenvalue weighted by Crippen LogP contribution is -2.38. The number of aliphatic carboxylic acids is 1. The van der Waals surface area contributed by atoms with Crippen LogP contribution in [0, 0.1) is 0 Å². The monoisotopic (exact) mass is 440 g/mol. The highest BCUT2D eigenvalue weighted by Crippen LogP contribution is 2.33. The minimum absolute atomic E-state index is 0.0262. The molecule has 2 aromatic carbocycles. The number of rotatable bonds is 6. The van der Waals surface area contributed by atoms with Gasteiger partial charge in [0.25, 0.3) is 5.78 Å². The molecule has 1 heterocycles. The standard InChI is InChI=1S/C23H24N2O5S/c1-25(16-9-3-2-4-10-16)31(29,30)17-11-7-8-15(14-17)21-20(22(26)23(27)28)18-12-5-6-13-19(18)24-21/h5-8,11-14,16,24H,2-4,9-10H2,1H3,(H,27,28). The van der Waals surface area contributed by atoms with E-state index in [4.69, 9.17) is 0 Å². The normalized spacial score (nSPS) is 15.4. The molecule has 1 saturated carbocycles. The van der Waals surface area contributed by atoms with Gasteiger partial charge in [0.2, 0.25) is 10.0 Å². The molecule has 0 aliphatic heterocycles. The van der Waals surface area contributed by atoms with Gasteiger partial charge in [0.1, 0.15) is 0 Å². The van der Waals surface area contributed by atoms with Crippen LogP contribution in [0.15, 0.2) is 53.4 Å². The zero-order chi connectivity index (χ0) is 22.2. The minimum Gasteiger partial charge on any atom is -0.475 e. The van der Waals surface area contributed by atoms with Crippen LogP contribution in [0.2, 0.25) is 0 Å². The molecular formula is C23H24N2O5S. The fourth-order valence-corrected chi connectivity index (χ4v) is 5.78. The average molecular weight is 441 g/mol. The number of aromatic nitrogens is 1. The first-order chi connectivity index (χ1) is 14.8. The van der Waals surface area contributed by atoms with E-state index in [0.29, 0.717) is 22.2 Å². The number of carboxylic acid groups (broad SMARTS) is 1. The van der Waals surface area contributed by atoms with Crippen LogP contribution in [0.1, 0.15) is 42.5 Å². The molecule has 162 valence electrons. The molecule has 7 nitrogen and oxygen atoms in total. The number of fused-ring (bicyclic) bond motifs is 1. The Labute approximate surface area is 180 Å². The van der Waals surface area contributed by atoms with E-state index in [1.54, 1.807) is 43.4 Å². The SMILES string of the molecule is CN(C1CCCCC1)S(=O)(=O)c1cccc(-c2[nH]c3ccccc3c2C(=O)C(=O)O)c1. The molecule has 1 aliphatic carbocycles. The van der Waals surface area contributed by atoms with Crippen molar-refractivity contribution in [3.05, 3.63) is 54.1 Å². The third kappa shape index (κ3) is 3.88. The van der Waals surface area contributed by atoms with Crippen molar-refractivity contribution in [3.8, 4) is 11.3 Å². The van der Waals surface area contributed by atoms with Crippen molar-refractivity contribution < 1.29 is 23.1 Å². The van der Waals surface area contributed by atoms with E-state index in [1.807, 2.05) is 0 Å². The fourth-order valence-electron chi connectivity index (χ4n) is 4.32. The second-order valence-corrected chi connectivity index (χ2v) is 9.89. The summed E-state index contributed by atoms with van der Waals surface area (Å²) in [6.07, 6.45) is 4.84. The summed E-state index contributed by atoms with van der Waals surface area (Å²) in [5.74, 6) is -2.60. The summed E-state index contributed by atoms with van der Waals surface area (Å²) in [4.78, 5) is 27.1. The number of carbonyl (C=O) groups is 2. The summed E-state index contributed by atoms with van der Waals surface area (Å²) < 4.78 is 28.0. The number of hydrogen-bond donors (Lipinski definition) is 2. The van der Waals surface area contributed by atoms with Gasteiger partial charge in [-0.2, -0.15) is 4.31 Å². The maximum Gasteiger partial charge on any atom is 0.377 e. The highest BCUT2D eigenvalue weighted by molar-refractivity contribution is 7.89. The van der Waals surface area contributed by atoms with Crippen molar-refractivity contribution in [2.45, 2.75) is 43.0 Å². The molecule has 0 atom stereocenters. The van der Waals surface area contributed by atoms with Gasteiger partial charge in [-0.15, -0.1) is 0 Å². The third-order valence-electron chi connectivity index (χ3n) is 6.02. The Balaban J connectivity index is 1.80. The van der Waals surface area contributed by atoms with Gasteiger partial charge in [0.05, 0.1) is 16.2 Å². The molecule has 4 rings (SSSR count). The number of carboxylic acids is 1. The highest BCUT2D eigenvalue weighted by Gasteiger charge is 2.30. The summed E-state index contributed by atoms with van der Waals surface area (Å²) in [5, 5.41) is 9.80. The largest absolute Gasteiger partial charge is 0.475 e. The Kier molecular flexibility index (Phi) is 5.68. The number of nitrogens with one attached hydrogen (secondary N) is 1. The van der Waals surface area contributed by atoms with Gasteiger partial charge in [0.15, 0.2) is 0 Å². The Morgan fingerprint density at radius 3 is 2.45 bits per heavy atom. The van der Waals surface area contributed by atoms with Crippen LogP contribution in [0.5, 0.6) is 0 Å². The Morgan fingerprint density at radius 2 is 1.74 bits per heavy atom. The minimum atomic E-state index is -3.73. The number of benzene rings is 2. The van der Waals surface area contributed by atoms with E-state index in [9.17, 15) is 23.1 Å². The lowest BCUT2D eigenvalue weighted by atomic mass is 9.96. The van der Waals surface area contributed by atoms with Crippen molar-refractivity contribution in [2.24, 2.45) is 0 Å². The lowest BCUT2D eigenvalue weighted by molar-refractivity contribution is -0.131. The molecule has 1 aromatic heterocycles. The molecule has 0 spiro atoms. The molecule has 3 aromatic rings. The molecule has 1 fully saturated rings. The summed E-state index contributed by atoms with van der Waals surface area (Å²) in [7, 11) is -2.12. The van der Waals surface area contributed by atoms with Crippen molar-refractivity contribution in [2.75, 3.05) is 7.05 Å². The maximum absolute atomic E-state index is 13.3. The second kappa shape index (κ2) is 8.28. The zero-order valence-corrected chi connectivity index (χ0v) is 18.0. The molecule has 0 saturated heterocycles. The van der Waals surface area contributed by atoms with Crippen LogP contribution in [0.3, 0.4) is 0 Å². The third-order valence-corrected chi connectivity index (χ3v) is 7.92. The number of sulfonamides is 1. The molecule has 1 aliphatic rings. The smallest absolute Gasteiger partial charge is 0.377 e. The van der Waals surface area contributed by atoms with Gasteiger partial charge in [-0.1, -0.05) is 49.6 Å². The van der Waals surface area contributed by atoms with Crippen LogP contribution in [0.25, 0.3) is 22.2 Å². The van der Waals surface area contributed by atoms with E-state index in [1.165, 1.54) is 16.4 Å². The Hall–Kier alpha value is -2.97. The maximum atomic E-state index is 13.3. The predicted octanol–water partition coefficient (Wildman–Crippen LogP) is 4.06. The van der Waals surface area contributed by atoms with Crippen molar-refractivity contribution >= 4 is 32.7 Å². The number of aromatic amines is 1. The molecular weight excluding hydrogens is 416 g/mol. The van der Waals surface area contributed by atoms with E-state index < -0.39 is 21.8 Å².